The third-order valence-corrected chi connectivity index (χ3v) is 6.39. The largest absolute Gasteiger partial charge is 0.444 e. The molecule has 1 N–H and O–H groups in total. The number of halogens is 2. The van der Waals surface area contributed by atoms with E-state index < -0.39 is 5.60 Å². The molecule has 192 valence electrons. The number of nitrogens with one attached hydrogen (secondary N) is 1. The van der Waals surface area contributed by atoms with Crippen molar-refractivity contribution in [3.63, 3.8) is 0 Å². The van der Waals surface area contributed by atoms with Crippen molar-refractivity contribution < 1.29 is 18.3 Å². The first-order valence-electron chi connectivity index (χ1n) is 12.5. The Morgan fingerprint density at radius 1 is 0.914 bits per heavy atom. The molecule has 0 aliphatic carbocycles. The lowest BCUT2D eigenvalue weighted by Crippen LogP contribution is -2.48. The Balaban J connectivity index is 1.47. The molecule has 35 heavy (non-hydrogen) atoms. The van der Waals surface area contributed by atoms with Crippen LogP contribution in [0.1, 0.15) is 57.7 Å². The molecule has 3 rings (SSSR count). The van der Waals surface area contributed by atoms with Crippen LogP contribution in [-0.4, -0.2) is 60.8 Å². The molecule has 0 saturated carbocycles. The van der Waals surface area contributed by atoms with Crippen molar-refractivity contribution in [2.45, 2.75) is 52.2 Å². The smallest absolute Gasteiger partial charge is 0.407 e. The maximum Gasteiger partial charge on any atom is 0.407 e. The van der Waals surface area contributed by atoms with Crippen LogP contribution in [0.15, 0.2) is 48.5 Å². The van der Waals surface area contributed by atoms with Crippen molar-refractivity contribution in [1.29, 1.82) is 0 Å². The number of amides is 1. The van der Waals surface area contributed by atoms with Gasteiger partial charge in [-0.2, -0.15) is 0 Å². The summed E-state index contributed by atoms with van der Waals surface area (Å²) in [7, 11) is 0. The molecule has 1 aliphatic rings. The number of carbonyl (C=O) groups is 1. The lowest BCUT2D eigenvalue weighted by Gasteiger charge is -2.40. The minimum absolute atomic E-state index is 0.0313. The van der Waals surface area contributed by atoms with Crippen molar-refractivity contribution in [3.05, 3.63) is 71.3 Å². The average molecular weight is 488 g/mol. The van der Waals surface area contributed by atoms with Gasteiger partial charge in [-0.1, -0.05) is 31.2 Å². The molecular weight excluding hydrogens is 448 g/mol. The van der Waals surface area contributed by atoms with Gasteiger partial charge in [0.25, 0.3) is 0 Å². The number of rotatable bonds is 9. The van der Waals surface area contributed by atoms with Gasteiger partial charge in [0.05, 0.1) is 6.04 Å². The molecule has 1 saturated heterocycles. The van der Waals surface area contributed by atoms with E-state index in [2.05, 4.69) is 22.0 Å². The summed E-state index contributed by atoms with van der Waals surface area (Å²) in [6.45, 7) is 13.1. The highest BCUT2D eigenvalue weighted by Gasteiger charge is 2.26. The van der Waals surface area contributed by atoms with Gasteiger partial charge in [0.2, 0.25) is 0 Å². The van der Waals surface area contributed by atoms with Gasteiger partial charge in [-0.25, -0.2) is 13.6 Å². The lowest BCUT2D eigenvalue weighted by molar-refractivity contribution is 0.0524. The number of alkyl carbamates (subject to hydrolysis) is 1. The summed E-state index contributed by atoms with van der Waals surface area (Å²) in [6, 6.07) is 13.2. The summed E-state index contributed by atoms with van der Waals surface area (Å²) in [5, 5.41) is 2.84. The number of hydrogen-bond acceptors (Lipinski definition) is 4. The normalized spacial score (nSPS) is 16.3. The molecule has 0 spiro atoms. The highest BCUT2D eigenvalue weighted by molar-refractivity contribution is 5.67. The maximum absolute atomic E-state index is 13.5. The predicted octanol–water partition coefficient (Wildman–Crippen LogP) is 5.61. The molecular formula is C28H39F2N3O2. The molecule has 2 aromatic carbocycles. The van der Waals surface area contributed by atoms with Gasteiger partial charge < -0.3 is 15.0 Å². The van der Waals surface area contributed by atoms with Crippen LogP contribution in [0, 0.1) is 17.6 Å². The van der Waals surface area contributed by atoms with Crippen LogP contribution in [0.25, 0.3) is 0 Å². The van der Waals surface area contributed by atoms with E-state index in [1.165, 1.54) is 24.3 Å². The number of hydrogen-bond donors (Lipinski definition) is 1. The fourth-order valence-corrected chi connectivity index (χ4v) is 4.43. The van der Waals surface area contributed by atoms with Crippen molar-refractivity contribution in [1.82, 2.24) is 15.1 Å². The van der Waals surface area contributed by atoms with E-state index in [0.29, 0.717) is 12.5 Å². The fraction of sp³-hybridized carbons (Fsp3) is 0.536. The minimum atomic E-state index is -0.482. The molecule has 7 heteroatoms. The highest BCUT2D eigenvalue weighted by atomic mass is 19.1. The van der Waals surface area contributed by atoms with Crippen LogP contribution in [-0.2, 0) is 4.74 Å². The maximum atomic E-state index is 13.5. The van der Waals surface area contributed by atoms with Crippen molar-refractivity contribution in [3.8, 4) is 0 Å². The summed E-state index contributed by atoms with van der Waals surface area (Å²) in [5.74, 6) is -0.0205. The zero-order valence-corrected chi connectivity index (χ0v) is 21.4. The van der Waals surface area contributed by atoms with Crippen LogP contribution in [0.3, 0.4) is 0 Å². The van der Waals surface area contributed by atoms with Crippen molar-refractivity contribution >= 4 is 6.09 Å². The quantitative estimate of drug-likeness (QED) is 0.499. The van der Waals surface area contributed by atoms with Gasteiger partial charge in [-0.3, -0.25) is 4.90 Å². The average Bonchev–Trinajstić information content (AvgIpc) is 2.80. The highest BCUT2D eigenvalue weighted by Crippen LogP contribution is 2.30. The van der Waals surface area contributed by atoms with Crippen LogP contribution in [0.2, 0.25) is 0 Å². The third-order valence-electron chi connectivity index (χ3n) is 6.39. The van der Waals surface area contributed by atoms with E-state index in [1.807, 2.05) is 45.0 Å². The van der Waals surface area contributed by atoms with Crippen LogP contribution in [0.5, 0.6) is 0 Å². The summed E-state index contributed by atoms with van der Waals surface area (Å²) in [4.78, 5) is 16.7. The monoisotopic (exact) mass is 487 g/mol. The molecule has 0 radical (unpaired) electrons. The van der Waals surface area contributed by atoms with E-state index in [0.717, 1.165) is 56.7 Å². The Hall–Kier alpha value is -2.51. The third kappa shape index (κ3) is 8.89. The van der Waals surface area contributed by atoms with Gasteiger partial charge in [0.1, 0.15) is 17.2 Å². The molecule has 5 nitrogen and oxygen atoms in total. The molecule has 2 aromatic rings. The zero-order chi connectivity index (χ0) is 25.4. The molecule has 1 aliphatic heterocycles. The molecule has 0 bridgehead atoms. The topological polar surface area (TPSA) is 44.8 Å². The second-order valence-corrected chi connectivity index (χ2v) is 10.5. The van der Waals surface area contributed by atoms with E-state index in [-0.39, 0.29) is 23.8 Å². The Morgan fingerprint density at radius 3 is 1.91 bits per heavy atom. The summed E-state index contributed by atoms with van der Waals surface area (Å²) in [6.07, 6.45) is 1.61. The van der Waals surface area contributed by atoms with Crippen molar-refractivity contribution in [2.24, 2.45) is 5.92 Å². The number of benzene rings is 2. The molecule has 1 heterocycles. The first-order valence-corrected chi connectivity index (χ1v) is 12.5. The Bertz CT molecular complexity index is 875. The molecule has 0 unspecified atom stereocenters. The van der Waals surface area contributed by atoms with Crippen LogP contribution < -0.4 is 5.32 Å². The SMILES string of the molecule is C[C@@H](CCNC(=O)OC(C)(C)C)CCN1CCN(C(c2ccc(F)cc2)c2ccc(F)cc2)CC1. The van der Waals surface area contributed by atoms with Gasteiger partial charge in [0.15, 0.2) is 0 Å². The van der Waals surface area contributed by atoms with Crippen LogP contribution in [0.4, 0.5) is 13.6 Å². The number of ether oxygens (including phenoxy) is 1. The number of nitrogens with zero attached hydrogens (tertiary/aromatic N) is 2. The lowest BCUT2D eigenvalue weighted by atomic mass is 9.96. The second kappa shape index (κ2) is 12.5. The molecule has 1 atom stereocenters. The Labute approximate surface area is 208 Å². The minimum Gasteiger partial charge on any atom is -0.444 e. The Morgan fingerprint density at radius 2 is 1.43 bits per heavy atom. The first-order chi connectivity index (χ1) is 16.6. The van der Waals surface area contributed by atoms with E-state index in [1.54, 1.807) is 0 Å². The van der Waals surface area contributed by atoms with Gasteiger partial charge in [-0.05, 0) is 81.5 Å². The molecule has 1 fully saturated rings. The Kier molecular flexibility index (Phi) is 9.63. The van der Waals surface area contributed by atoms with Crippen molar-refractivity contribution in [2.75, 3.05) is 39.3 Å². The fourth-order valence-electron chi connectivity index (χ4n) is 4.43. The van der Waals surface area contributed by atoms with E-state index >= 15 is 0 Å². The summed E-state index contributed by atoms with van der Waals surface area (Å²) >= 11 is 0. The first kappa shape index (κ1) is 27.1. The molecule has 0 aromatic heterocycles. The van der Waals surface area contributed by atoms with Gasteiger partial charge >= 0.3 is 6.09 Å². The van der Waals surface area contributed by atoms with Gasteiger partial charge in [0, 0.05) is 32.7 Å². The van der Waals surface area contributed by atoms with Gasteiger partial charge in [-0.15, -0.1) is 0 Å². The summed E-state index contributed by atoms with van der Waals surface area (Å²) in [5.41, 5.74) is 1.54. The molecule has 1 amide bonds. The standard InChI is InChI=1S/C28H39F2N3O2/c1-21(13-15-31-27(34)35-28(2,3)4)14-16-32-17-19-33(20-18-32)26(22-5-9-24(29)10-6-22)23-7-11-25(30)12-8-23/h5-12,21,26H,13-20H2,1-4H3,(H,31,34)/t21-/m0/s1. The van der Waals surface area contributed by atoms with E-state index in [9.17, 15) is 13.6 Å². The summed E-state index contributed by atoms with van der Waals surface area (Å²) < 4.78 is 32.3. The zero-order valence-electron chi connectivity index (χ0n) is 21.4. The second-order valence-electron chi connectivity index (χ2n) is 10.5. The van der Waals surface area contributed by atoms with E-state index in [4.69, 9.17) is 4.74 Å². The number of piperazine rings is 1. The predicted molar refractivity (Wildman–Crippen MR) is 135 cm³/mol. The number of carbonyl (C=O) groups excluding carboxylic acids is 1. The van der Waals surface area contributed by atoms with Crippen LogP contribution >= 0.6 is 0 Å².